The molecule has 1 saturated carbocycles. The maximum Gasteiger partial charge on any atom is 0.326 e. The van der Waals surface area contributed by atoms with Crippen LogP contribution in [0, 0.1) is 6.92 Å². The van der Waals surface area contributed by atoms with Gasteiger partial charge in [-0.2, -0.15) is 0 Å². The summed E-state index contributed by atoms with van der Waals surface area (Å²) in [5.41, 5.74) is 6.73. The third-order valence-corrected chi connectivity index (χ3v) is 6.50. The smallest absolute Gasteiger partial charge is 0.326 e. The first-order valence-electron chi connectivity index (χ1n) is 12.6. The van der Waals surface area contributed by atoms with Crippen molar-refractivity contribution >= 4 is 23.8 Å². The Labute approximate surface area is 213 Å². The van der Waals surface area contributed by atoms with Gasteiger partial charge in [-0.3, -0.25) is 14.6 Å². The van der Waals surface area contributed by atoms with Gasteiger partial charge >= 0.3 is 6.03 Å². The first-order chi connectivity index (χ1) is 17.6. The van der Waals surface area contributed by atoms with E-state index in [1.54, 1.807) is 7.11 Å². The lowest BCUT2D eigenvalue weighted by molar-refractivity contribution is -0.109. The number of ether oxygens (including phenoxy) is 2. The Balaban J connectivity index is 0.000000214. The predicted molar refractivity (Wildman–Crippen MR) is 141 cm³/mol. The number of rotatable bonds is 8. The lowest BCUT2D eigenvalue weighted by Crippen LogP contribution is -2.37. The average Bonchev–Trinajstić information content (AvgIpc) is 3.74. The van der Waals surface area contributed by atoms with Crippen LogP contribution in [0.2, 0.25) is 0 Å². The number of allylic oxidation sites excluding steroid dienone is 1. The number of urea groups is 1. The van der Waals surface area contributed by atoms with Gasteiger partial charge < -0.3 is 20.1 Å². The van der Waals surface area contributed by atoms with E-state index >= 15 is 0 Å². The highest BCUT2D eigenvalue weighted by Crippen LogP contribution is 2.43. The Hall–Kier alpha value is -3.36. The zero-order chi connectivity index (χ0) is 25.3. The molecule has 8 nitrogen and oxygen atoms in total. The number of fused-ring (bicyclic) bond motifs is 1. The molecule has 1 saturated heterocycles. The van der Waals surface area contributed by atoms with E-state index in [0.29, 0.717) is 6.54 Å². The molecule has 2 aliphatic heterocycles. The van der Waals surface area contributed by atoms with Crippen molar-refractivity contribution in [3.8, 4) is 5.75 Å². The third-order valence-electron chi connectivity index (χ3n) is 6.50. The van der Waals surface area contributed by atoms with E-state index in [9.17, 15) is 9.59 Å². The number of aryl methyl sites for hydroxylation is 1. The molecule has 0 radical (unpaired) electrons. The summed E-state index contributed by atoms with van der Waals surface area (Å²) in [4.78, 5) is 26.8. The monoisotopic (exact) mass is 492 g/mol. The molecule has 2 fully saturated rings. The highest BCUT2D eigenvalue weighted by molar-refractivity contribution is 6.04. The van der Waals surface area contributed by atoms with Crippen LogP contribution in [0.15, 0.2) is 48.0 Å². The summed E-state index contributed by atoms with van der Waals surface area (Å²) in [5, 5.41) is 5.68. The number of nitrogens with zero attached hydrogens (tertiary/aromatic N) is 2. The number of benzene rings is 2. The molecule has 5 rings (SSSR count). The quantitative estimate of drug-likeness (QED) is 0.430. The molecule has 1 aliphatic carbocycles. The minimum absolute atomic E-state index is 0.0571. The fourth-order valence-electron chi connectivity index (χ4n) is 4.43. The second kappa shape index (κ2) is 12.6. The van der Waals surface area contributed by atoms with Crippen LogP contribution in [0.3, 0.4) is 0 Å². The van der Waals surface area contributed by atoms with Gasteiger partial charge in [-0.05, 0) is 67.6 Å². The summed E-state index contributed by atoms with van der Waals surface area (Å²) < 4.78 is 10.4. The van der Waals surface area contributed by atoms with Crippen LogP contribution in [0.25, 0.3) is 5.70 Å². The molecule has 0 aromatic heterocycles. The number of anilines is 1. The fourth-order valence-corrected chi connectivity index (χ4v) is 4.43. The third kappa shape index (κ3) is 6.86. The van der Waals surface area contributed by atoms with E-state index in [1.807, 2.05) is 42.2 Å². The molecule has 3 aliphatic rings. The minimum atomic E-state index is -0.0571. The van der Waals surface area contributed by atoms with Gasteiger partial charge in [0.2, 0.25) is 6.41 Å². The first kappa shape index (κ1) is 25.7. The van der Waals surface area contributed by atoms with Crippen molar-refractivity contribution in [2.24, 2.45) is 0 Å². The Kier molecular flexibility index (Phi) is 8.97. The van der Waals surface area contributed by atoms with Gasteiger partial charge in [0.25, 0.3) is 0 Å². The van der Waals surface area contributed by atoms with E-state index in [0.717, 1.165) is 98.9 Å². The molecule has 3 amide bonds. The van der Waals surface area contributed by atoms with Crippen molar-refractivity contribution in [3.63, 3.8) is 0 Å². The van der Waals surface area contributed by atoms with Gasteiger partial charge in [0, 0.05) is 25.2 Å². The second-order valence-electron chi connectivity index (χ2n) is 9.25. The van der Waals surface area contributed by atoms with Gasteiger partial charge in [0.1, 0.15) is 5.75 Å². The van der Waals surface area contributed by atoms with Crippen LogP contribution >= 0.6 is 0 Å². The van der Waals surface area contributed by atoms with Gasteiger partial charge in [-0.1, -0.05) is 24.3 Å². The standard InChI is InChI=1S/C20H20N2O2.C8H16N2O2/c1-13-3-10-17-18(11-13)21-20(23)22(19(17)15-6-7-15)12-14-4-8-16(24-2)9-5-14;11-8-9-2-1-3-10-4-6-12-7-5-10/h3-5,8-11H,6-7,12H2,1-2H3,(H,21,23);8H,1-7H2,(H,9,11). The number of morpholine rings is 1. The number of methoxy groups -OCH3 is 1. The maximum atomic E-state index is 12.7. The number of carbonyl (C=O) groups is 2. The van der Waals surface area contributed by atoms with Crippen LogP contribution in [0.1, 0.15) is 36.0 Å². The zero-order valence-corrected chi connectivity index (χ0v) is 21.2. The topological polar surface area (TPSA) is 83.1 Å². The van der Waals surface area contributed by atoms with E-state index in [4.69, 9.17) is 9.47 Å². The highest BCUT2D eigenvalue weighted by atomic mass is 16.5. The fraction of sp³-hybridized carbons (Fsp3) is 0.429. The molecule has 192 valence electrons. The zero-order valence-electron chi connectivity index (χ0n) is 21.2. The normalized spacial score (nSPS) is 16.9. The summed E-state index contributed by atoms with van der Waals surface area (Å²) in [6.45, 7) is 8.19. The Bertz CT molecular complexity index is 1070. The van der Waals surface area contributed by atoms with Crippen molar-refractivity contribution in [1.82, 2.24) is 15.1 Å². The minimum Gasteiger partial charge on any atom is -0.497 e. The van der Waals surface area contributed by atoms with Gasteiger partial charge in [0.15, 0.2) is 0 Å². The Morgan fingerprint density at radius 1 is 1.11 bits per heavy atom. The van der Waals surface area contributed by atoms with Crippen LogP contribution < -0.4 is 15.4 Å². The molecule has 0 spiro atoms. The van der Waals surface area contributed by atoms with Crippen LogP contribution in [-0.2, 0) is 16.1 Å². The van der Waals surface area contributed by atoms with Crippen molar-refractivity contribution < 1.29 is 19.1 Å². The molecule has 0 bridgehead atoms. The largest absolute Gasteiger partial charge is 0.497 e. The molecule has 2 N–H and O–H groups in total. The first-order valence-corrected chi connectivity index (χ1v) is 12.6. The van der Waals surface area contributed by atoms with Crippen LogP contribution in [0.4, 0.5) is 10.5 Å². The summed E-state index contributed by atoms with van der Waals surface area (Å²) in [6.07, 6.45) is 3.93. The maximum absolute atomic E-state index is 12.7. The molecule has 0 unspecified atom stereocenters. The lowest BCUT2D eigenvalue weighted by atomic mass is 10.0. The van der Waals surface area contributed by atoms with Gasteiger partial charge in [-0.15, -0.1) is 0 Å². The molecular formula is C28H36N4O4. The molecular weight excluding hydrogens is 456 g/mol. The molecule has 8 heteroatoms. The Morgan fingerprint density at radius 2 is 1.86 bits per heavy atom. The van der Waals surface area contributed by atoms with Crippen LogP contribution in [-0.4, -0.2) is 68.7 Å². The average molecular weight is 493 g/mol. The number of amides is 3. The number of nitrogens with one attached hydrogen (secondary N) is 2. The predicted octanol–water partition coefficient (Wildman–Crippen LogP) is 4.01. The molecule has 0 atom stereocenters. The van der Waals surface area contributed by atoms with Crippen molar-refractivity contribution in [1.29, 1.82) is 0 Å². The van der Waals surface area contributed by atoms with Gasteiger partial charge in [-0.25, -0.2) is 4.79 Å². The second-order valence-corrected chi connectivity index (χ2v) is 9.25. The van der Waals surface area contributed by atoms with E-state index in [2.05, 4.69) is 27.7 Å². The summed E-state index contributed by atoms with van der Waals surface area (Å²) >= 11 is 0. The van der Waals surface area contributed by atoms with E-state index < -0.39 is 0 Å². The van der Waals surface area contributed by atoms with Crippen molar-refractivity contribution in [2.75, 3.05) is 51.8 Å². The Morgan fingerprint density at radius 3 is 2.53 bits per heavy atom. The van der Waals surface area contributed by atoms with Crippen molar-refractivity contribution in [3.05, 3.63) is 64.7 Å². The highest BCUT2D eigenvalue weighted by Gasteiger charge is 2.33. The summed E-state index contributed by atoms with van der Waals surface area (Å²) in [6, 6.07) is 14.1. The van der Waals surface area contributed by atoms with E-state index in [1.165, 1.54) is 5.57 Å². The molecule has 2 heterocycles. The molecule has 36 heavy (non-hydrogen) atoms. The molecule has 2 aromatic carbocycles. The number of carbonyl (C=O) groups excluding carboxylic acids is 2. The van der Waals surface area contributed by atoms with Gasteiger partial charge in [0.05, 0.1) is 38.3 Å². The summed E-state index contributed by atoms with van der Waals surface area (Å²) in [5.74, 6) is 0.823. The van der Waals surface area contributed by atoms with E-state index in [-0.39, 0.29) is 6.03 Å². The summed E-state index contributed by atoms with van der Waals surface area (Å²) in [7, 11) is 1.65. The molecule has 2 aromatic rings. The van der Waals surface area contributed by atoms with Crippen LogP contribution in [0.5, 0.6) is 5.75 Å². The lowest BCUT2D eigenvalue weighted by Gasteiger charge is -2.32. The SMILES string of the molecule is COc1ccc(CN2C(=O)Nc3cc(C)ccc3C2=C2CC2)cc1.O=CNCCCN1CCOCC1. The van der Waals surface area contributed by atoms with Crippen molar-refractivity contribution in [2.45, 2.75) is 32.7 Å². The number of hydrogen-bond acceptors (Lipinski definition) is 5. The number of hydrogen-bond donors (Lipinski definition) is 2.